The predicted octanol–water partition coefficient (Wildman–Crippen LogP) is 4.76. The molecule has 0 fully saturated rings. The summed E-state index contributed by atoms with van der Waals surface area (Å²) in [5, 5.41) is 4.27. The van der Waals surface area contributed by atoms with Gasteiger partial charge in [-0.05, 0) is 36.2 Å². The van der Waals surface area contributed by atoms with Crippen molar-refractivity contribution in [3.8, 4) is 5.75 Å². The first-order chi connectivity index (χ1) is 10.2. The van der Waals surface area contributed by atoms with Crippen LogP contribution in [0.4, 0.5) is 0 Å². The SMILES string of the molecule is C=CCOc1ccc(CN[C@H](C)c2ccccc2Cl)cc1. The summed E-state index contributed by atoms with van der Waals surface area (Å²) >= 11 is 6.21. The standard InChI is InChI=1S/C18H20ClNO/c1-3-12-21-16-10-8-15(9-11-16)13-20-14(2)17-6-4-5-7-18(17)19/h3-11,14,20H,1,12-13H2,2H3/t14-/m1/s1. The summed E-state index contributed by atoms with van der Waals surface area (Å²) in [6, 6.07) is 16.2. The number of rotatable bonds is 7. The average molecular weight is 302 g/mol. The van der Waals surface area contributed by atoms with Crippen LogP contribution in [0.25, 0.3) is 0 Å². The molecule has 21 heavy (non-hydrogen) atoms. The van der Waals surface area contributed by atoms with E-state index in [2.05, 4.69) is 31.0 Å². The van der Waals surface area contributed by atoms with Crippen molar-refractivity contribution < 1.29 is 4.74 Å². The minimum Gasteiger partial charge on any atom is -0.490 e. The molecule has 1 atom stereocenters. The first kappa shape index (κ1) is 15.6. The van der Waals surface area contributed by atoms with Gasteiger partial charge in [0.1, 0.15) is 12.4 Å². The van der Waals surface area contributed by atoms with Gasteiger partial charge < -0.3 is 10.1 Å². The monoisotopic (exact) mass is 301 g/mol. The zero-order valence-electron chi connectivity index (χ0n) is 12.2. The van der Waals surface area contributed by atoms with Gasteiger partial charge in [0.15, 0.2) is 0 Å². The molecule has 0 bridgehead atoms. The third-order valence-electron chi connectivity index (χ3n) is 3.28. The van der Waals surface area contributed by atoms with Gasteiger partial charge in [0.25, 0.3) is 0 Å². The molecule has 110 valence electrons. The van der Waals surface area contributed by atoms with Gasteiger partial charge in [-0.15, -0.1) is 0 Å². The van der Waals surface area contributed by atoms with Crippen LogP contribution in [0.2, 0.25) is 5.02 Å². The molecule has 0 amide bonds. The van der Waals surface area contributed by atoms with E-state index in [9.17, 15) is 0 Å². The van der Waals surface area contributed by atoms with Crippen LogP contribution in [0.1, 0.15) is 24.1 Å². The topological polar surface area (TPSA) is 21.3 Å². The maximum Gasteiger partial charge on any atom is 0.119 e. The van der Waals surface area contributed by atoms with Gasteiger partial charge in [-0.1, -0.05) is 54.6 Å². The molecule has 0 aliphatic carbocycles. The molecule has 0 heterocycles. The molecule has 0 aliphatic heterocycles. The van der Waals surface area contributed by atoms with Crippen LogP contribution in [0.15, 0.2) is 61.2 Å². The zero-order valence-corrected chi connectivity index (χ0v) is 12.9. The lowest BCUT2D eigenvalue weighted by molar-refractivity contribution is 0.363. The normalized spacial score (nSPS) is 11.9. The average Bonchev–Trinajstić information content (AvgIpc) is 2.52. The van der Waals surface area contributed by atoms with Crippen molar-refractivity contribution in [1.82, 2.24) is 5.32 Å². The molecule has 2 nitrogen and oxygen atoms in total. The summed E-state index contributed by atoms with van der Waals surface area (Å²) in [6.07, 6.45) is 1.74. The van der Waals surface area contributed by atoms with Gasteiger partial charge in [0, 0.05) is 17.6 Å². The second kappa shape index (κ2) is 7.87. The van der Waals surface area contributed by atoms with Crippen LogP contribution in [0.3, 0.4) is 0 Å². The fraction of sp³-hybridized carbons (Fsp3) is 0.222. The van der Waals surface area contributed by atoms with Gasteiger partial charge >= 0.3 is 0 Å². The van der Waals surface area contributed by atoms with Crippen molar-refractivity contribution in [2.45, 2.75) is 19.5 Å². The number of hydrogen-bond donors (Lipinski definition) is 1. The van der Waals surface area contributed by atoms with E-state index in [1.54, 1.807) is 6.08 Å². The summed E-state index contributed by atoms with van der Waals surface area (Å²) < 4.78 is 5.46. The number of hydrogen-bond acceptors (Lipinski definition) is 2. The van der Waals surface area contributed by atoms with E-state index >= 15 is 0 Å². The van der Waals surface area contributed by atoms with Crippen molar-refractivity contribution in [2.24, 2.45) is 0 Å². The molecule has 3 heteroatoms. The van der Waals surface area contributed by atoms with Crippen molar-refractivity contribution in [2.75, 3.05) is 6.61 Å². The second-order valence-electron chi connectivity index (χ2n) is 4.87. The largest absolute Gasteiger partial charge is 0.490 e. The predicted molar refractivity (Wildman–Crippen MR) is 88.8 cm³/mol. The molecule has 0 spiro atoms. The molecule has 0 unspecified atom stereocenters. The van der Waals surface area contributed by atoms with Gasteiger partial charge in [-0.25, -0.2) is 0 Å². The van der Waals surface area contributed by atoms with E-state index in [0.29, 0.717) is 6.61 Å². The van der Waals surface area contributed by atoms with E-state index in [4.69, 9.17) is 16.3 Å². The minimum atomic E-state index is 0.204. The Morgan fingerprint density at radius 1 is 1.19 bits per heavy atom. The number of ether oxygens (including phenoxy) is 1. The lowest BCUT2D eigenvalue weighted by atomic mass is 10.1. The van der Waals surface area contributed by atoms with Crippen LogP contribution in [-0.4, -0.2) is 6.61 Å². The highest BCUT2D eigenvalue weighted by Crippen LogP contribution is 2.22. The zero-order chi connectivity index (χ0) is 15.1. The third-order valence-corrected chi connectivity index (χ3v) is 3.62. The lowest BCUT2D eigenvalue weighted by Gasteiger charge is -2.16. The molecule has 2 aromatic carbocycles. The fourth-order valence-electron chi connectivity index (χ4n) is 2.07. The molecular weight excluding hydrogens is 282 g/mol. The number of nitrogens with one attached hydrogen (secondary N) is 1. The van der Waals surface area contributed by atoms with Crippen LogP contribution >= 0.6 is 11.6 Å². The highest BCUT2D eigenvalue weighted by atomic mass is 35.5. The maximum atomic E-state index is 6.21. The molecule has 0 aromatic heterocycles. The van der Waals surface area contributed by atoms with Crippen molar-refractivity contribution in [3.05, 3.63) is 77.3 Å². The van der Waals surface area contributed by atoms with Crippen LogP contribution in [-0.2, 0) is 6.54 Å². The van der Waals surface area contributed by atoms with Crippen LogP contribution < -0.4 is 10.1 Å². The lowest BCUT2D eigenvalue weighted by Crippen LogP contribution is -2.18. The van der Waals surface area contributed by atoms with Crippen molar-refractivity contribution in [1.29, 1.82) is 0 Å². The smallest absolute Gasteiger partial charge is 0.119 e. The fourth-order valence-corrected chi connectivity index (χ4v) is 2.37. The second-order valence-corrected chi connectivity index (χ2v) is 5.27. The molecule has 0 aliphatic rings. The Kier molecular flexibility index (Phi) is 5.85. The van der Waals surface area contributed by atoms with Crippen LogP contribution in [0, 0.1) is 0 Å². The molecular formula is C18H20ClNO. The summed E-state index contributed by atoms with van der Waals surface area (Å²) in [6.45, 7) is 7.06. The van der Waals surface area contributed by atoms with Gasteiger partial charge in [-0.2, -0.15) is 0 Å². The molecule has 0 saturated heterocycles. The van der Waals surface area contributed by atoms with E-state index in [0.717, 1.165) is 22.9 Å². The molecule has 2 rings (SSSR count). The first-order valence-electron chi connectivity index (χ1n) is 7.01. The molecule has 0 saturated carbocycles. The summed E-state index contributed by atoms with van der Waals surface area (Å²) in [4.78, 5) is 0. The van der Waals surface area contributed by atoms with Gasteiger partial charge in [0.05, 0.1) is 0 Å². The summed E-state index contributed by atoms with van der Waals surface area (Å²) in [5.41, 5.74) is 2.32. The Labute approximate surface area is 131 Å². The summed E-state index contributed by atoms with van der Waals surface area (Å²) in [7, 11) is 0. The summed E-state index contributed by atoms with van der Waals surface area (Å²) in [5.74, 6) is 0.859. The molecule has 2 aromatic rings. The van der Waals surface area contributed by atoms with E-state index in [1.807, 2.05) is 36.4 Å². The van der Waals surface area contributed by atoms with E-state index < -0.39 is 0 Å². The number of halogens is 1. The van der Waals surface area contributed by atoms with Crippen LogP contribution in [0.5, 0.6) is 5.75 Å². The van der Waals surface area contributed by atoms with Gasteiger partial charge in [-0.3, -0.25) is 0 Å². The maximum absolute atomic E-state index is 6.21. The van der Waals surface area contributed by atoms with Gasteiger partial charge in [0.2, 0.25) is 0 Å². The minimum absolute atomic E-state index is 0.204. The first-order valence-corrected chi connectivity index (χ1v) is 7.39. The molecule has 1 N–H and O–H groups in total. The Balaban J connectivity index is 1.90. The van der Waals surface area contributed by atoms with Crippen molar-refractivity contribution >= 4 is 11.6 Å². The van der Waals surface area contributed by atoms with E-state index in [1.165, 1.54) is 5.56 Å². The quantitative estimate of drug-likeness (QED) is 0.745. The molecule has 0 radical (unpaired) electrons. The van der Waals surface area contributed by atoms with Crippen molar-refractivity contribution in [3.63, 3.8) is 0 Å². The highest BCUT2D eigenvalue weighted by molar-refractivity contribution is 6.31. The van der Waals surface area contributed by atoms with E-state index in [-0.39, 0.29) is 6.04 Å². The Bertz CT molecular complexity index is 580. The highest BCUT2D eigenvalue weighted by Gasteiger charge is 2.08. The third kappa shape index (κ3) is 4.62. The Hall–Kier alpha value is -1.77. The Morgan fingerprint density at radius 3 is 2.57 bits per heavy atom. The Morgan fingerprint density at radius 2 is 1.90 bits per heavy atom. The number of benzene rings is 2.